The van der Waals surface area contributed by atoms with Crippen LogP contribution < -0.4 is 0 Å². The Morgan fingerprint density at radius 2 is 2.00 bits per heavy atom. The van der Waals surface area contributed by atoms with Gasteiger partial charge >= 0.3 is 5.97 Å². The lowest BCUT2D eigenvalue weighted by Crippen LogP contribution is -2.59. The molecule has 2 heterocycles. The highest BCUT2D eigenvalue weighted by Gasteiger charge is 2.39. The summed E-state index contributed by atoms with van der Waals surface area (Å²) in [5.41, 5.74) is 0. The van der Waals surface area contributed by atoms with Crippen molar-refractivity contribution in [1.82, 2.24) is 9.80 Å². The Morgan fingerprint density at radius 3 is 2.53 bits per heavy atom. The highest BCUT2D eigenvalue weighted by atomic mass is 16.5. The van der Waals surface area contributed by atoms with Gasteiger partial charge in [-0.1, -0.05) is 0 Å². The van der Waals surface area contributed by atoms with Crippen LogP contribution in [0.3, 0.4) is 0 Å². The van der Waals surface area contributed by atoms with Gasteiger partial charge in [0.05, 0.1) is 6.61 Å². The largest absolute Gasteiger partial charge is 0.480 e. The molecule has 0 aromatic carbocycles. The number of piperidine rings is 1. The summed E-state index contributed by atoms with van der Waals surface area (Å²) in [5, 5.41) is 9.21. The van der Waals surface area contributed by atoms with Crippen molar-refractivity contribution in [2.75, 3.05) is 26.3 Å². The first kappa shape index (κ1) is 14.3. The van der Waals surface area contributed by atoms with E-state index in [1.165, 1.54) is 0 Å². The third-order valence-electron chi connectivity index (χ3n) is 4.03. The fraction of sp³-hybridized carbons (Fsp3) is 0.846. The van der Waals surface area contributed by atoms with Gasteiger partial charge in [0, 0.05) is 25.2 Å². The second-order valence-electron chi connectivity index (χ2n) is 5.53. The monoisotopic (exact) mass is 270 g/mol. The van der Waals surface area contributed by atoms with Crippen LogP contribution in [0, 0.1) is 0 Å². The van der Waals surface area contributed by atoms with E-state index < -0.39 is 12.0 Å². The average Bonchev–Trinajstić information content (AvgIpc) is 2.38. The summed E-state index contributed by atoms with van der Waals surface area (Å²) in [5.74, 6) is -1.17. The van der Waals surface area contributed by atoms with Crippen molar-refractivity contribution in [3.8, 4) is 0 Å². The van der Waals surface area contributed by atoms with E-state index in [-0.39, 0.29) is 25.2 Å². The molecule has 6 heteroatoms. The second-order valence-corrected chi connectivity index (χ2v) is 5.53. The van der Waals surface area contributed by atoms with Crippen molar-refractivity contribution in [3.05, 3.63) is 0 Å². The van der Waals surface area contributed by atoms with E-state index in [1.54, 1.807) is 4.90 Å². The van der Waals surface area contributed by atoms with Crippen LogP contribution in [0.15, 0.2) is 0 Å². The van der Waals surface area contributed by atoms with Crippen molar-refractivity contribution < 1.29 is 19.4 Å². The van der Waals surface area contributed by atoms with Crippen LogP contribution >= 0.6 is 0 Å². The minimum absolute atomic E-state index is 0.00811. The number of nitrogens with zero attached hydrogens (tertiary/aromatic N) is 2. The predicted molar refractivity (Wildman–Crippen MR) is 68.8 cm³/mol. The topological polar surface area (TPSA) is 70.1 Å². The Balaban J connectivity index is 2.03. The van der Waals surface area contributed by atoms with Crippen molar-refractivity contribution in [3.63, 3.8) is 0 Å². The van der Waals surface area contributed by atoms with Gasteiger partial charge in [0.1, 0.15) is 6.61 Å². The summed E-state index contributed by atoms with van der Waals surface area (Å²) in [7, 11) is 0. The minimum atomic E-state index is -0.973. The summed E-state index contributed by atoms with van der Waals surface area (Å²) in [4.78, 5) is 27.1. The van der Waals surface area contributed by atoms with Gasteiger partial charge < -0.3 is 19.6 Å². The van der Waals surface area contributed by atoms with Gasteiger partial charge in [0.15, 0.2) is 6.04 Å². The Bertz CT molecular complexity index is 351. The van der Waals surface area contributed by atoms with Crippen LogP contribution in [0.1, 0.15) is 26.7 Å². The van der Waals surface area contributed by atoms with Crippen molar-refractivity contribution in [2.24, 2.45) is 0 Å². The fourth-order valence-electron chi connectivity index (χ4n) is 2.92. The van der Waals surface area contributed by atoms with E-state index in [2.05, 4.69) is 18.7 Å². The standard InChI is InChI=1S/C13H22N2O4/c1-9(2)14-5-3-10(4-6-14)15-11(13(17)18)7-19-8-12(15)16/h9-11H,3-8H2,1-2H3,(H,17,18). The number of amides is 1. The van der Waals surface area contributed by atoms with Crippen LogP contribution in [0.25, 0.3) is 0 Å². The van der Waals surface area contributed by atoms with E-state index in [4.69, 9.17) is 4.74 Å². The normalized spacial score (nSPS) is 27.0. The van der Waals surface area contributed by atoms with Gasteiger partial charge in [-0.25, -0.2) is 4.79 Å². The summed E-state index contributed by atoms with van der Waals surface area (Å²) in [6.07, 6.45) is 1.68. The SMILES string of the molecule is CC(C)N1CCC(N2C(=O)COCC2C(=O)O)CC1. The molecular formula is C13H22N2O4. The number of hydrogen-bond acceptors (Lipinski definition) is 4. The number of carbonyl (C=O) groups excluding carboxylic acids is 1. The Labute approximate surface area is 113 Å². The highest BCUT2D eigenvalue weighted by molar-refractivity contribution is 5.85. The zero-order valence-electron chi connectivity index (χ0n) is 11.5. The number of aliphatic carboxylic acids is 1. The number of rotatable bonds is 3. The molecule has 0 saturated carbocycles. The van der Waals surface area contributed by atoms with E-state index in [0.29, 0.717) is 6.04 Å². The number of carbonyl (C=O) groups is 2. The van der Waals surface area contributed by atoms with Crippen LogP contribution in [0.2, 0.25) is 0 Å². The van der Waals surface area contributed by atoms with E-state index in [0.717, 1.165) is 25.9 Å². The molecule has 0 aromatic rings. The molecule has 2 aliphatic heterocycles. The number of ether oxygens (including phenoxy) is 1. The first-order chi connectivity index (χ1) is 9.00. The molecule has 2 fully saturated rings. The molecule has 0 bridgehead atoms. The Morgan fingerprint density at radius 1 is 1.37 bits per heavy atom. The average molecular weight is 270 g/mol. The van der Waals surface area contributed by atoms with Gasteiger partial charge in [0.2, 0.25) is 5.91 Å². The first-order valence-electron chi connectivity index (χ1n) is 6.86. The van der Waals surface area contributed by atoms with E-state index in [1.807, 2.05) is 0 Å². The fourth-order valence-corrected chi connectivity index (χ4v) is 2.92. The molecule has 6 nitrogen and oxygen atoms in total. The molecule has 1 N–H and O–H groups in total. The maximum absolute atomic E-state index is 11.9. The van der Waals surface area contributed by atoms with Crippen LogP contribution in [-0.4, -0.2) is 71.2 Å². The number of carboxylic acid groups (broad SMARTS) is 1. The lowest BCUT2D eigenvalue weighted by Gasteiger charge is -2.43. The molecule has 2 saturated heterocycles. The van der Waals surface area contributed by atoms with Gasteiger partial charge in [0.25, 0.3) is 0 Å². The molecule has 0 aliphatic carbocycles. The molecule has 1 atom stereocenters. The Kier molecular flexibility index (Phi) is 4.42. The molecule has 19 heavy (non-hydrogen) atoms. The van der Waals surface area contributed by atoms with E-state index in [9.17, 15) is 14.7 Å². The summed E-state index contributed by atoms with van der Waals surface area (Å²) in [6.45, 7) is 6.25. The highest BCUT2D eigenvalue weighted by Crippen LogP contribution is 2.22. The first-order valence-corrected chi connectivity index (χ1v) is 6.86. The molecule has 0 spiro atoms. The Hall–Kier alpha value is -1.14. The molecule has 1 unspecified atom stereocenters. The summed E-state index contributed by atoms with van der Waals surface area (Å²) in [6, 6.07) is -0.291. The molecule has 2 rings (SSSR count). The number of morpholine rings is 1. The number of likely N-dealkylation sites (tertiary alicyclic amines) is 1. The maximum Gasteiger partial charge on any atom is 0.328 e. The molecule has 1 amide bonds. The van der Waals surface area contributed by atoms with Crippen molar-refractivity contribution in [1.29, 1.82) is 0 Å². The third-order valence-corrected chi connectivity index (χ3v) is 4.03. The zero-order chi connectivity index (χ0) is 14.0. The predicted octanol–water partition coefficient (Wildman–Crippen LogP) is 0.171. The van der Waals surface area contributed by atoms with Crippen LogP contribution in [-0.2, 0) is 14.3 Å². The lowest BCUT2D eigenvalue weighted by atomic mass is 9.99. The molecule has 108 valence electrons. The molecule has 0 radical (unpaired) electrons. The second kappa shape index (κ2) is 5.88. The smallest absolute Gasteiger partial charge is 0.328 e. The molecular weight excluding hydrogens is 248 g/mol. The van der Waals surface area contributed by atoms with E-state index >= 15 is 0 Å². The van der Waals surface area contributed by atoms with Gasteiger partial charge in [-0.15, -0.1) is 0 Å². The minimum Gasteiger partial charge on any atom is -0.480 e. The quantitative estimate of drug-likeness (QED) is 0.791. The number of carboxylic acids is 1. The number of hydrogen-bond donors (Lipinski definition) is 1. The van der Waals surface area contributed by atoms with Crippen molar-refractivity contribution in [2.45, 2.75) is 44.8 Å². The summed E-state index contributed by atoms with van der Waals surface area (Å²) >= 11 is 0. The van der Waals surface area contributed by atoms with Crippen molar-refractivity contribution >= 4 is 11.9 Å². The third kappa shape index (κ3) is 3.06. The van der Waals surface area contributed by atoms with Gasteiger partial charge in [-0.2, -0.15) is 0 Å². The van der Waals surface area contributed by atoms with Gasteiger partial charge in [-0.05, 0) is 26.7 Å². The van der Waals surface area contributed by atoms with Crippen LogP contribution in [0.4, 0.5) is 0 Å². The molecule has 2 aliphatic rings. The van der Waals surface area contributed by atoms with Crippen LogP contribution in [0.5, 0.6) is 0 Å². The molecule has 0 aromatic heterocycles. The maximum atomic E-state index is 11.9. The summed E-state index contributed by atoms with van der Waals surface area (Å²) < 4.78 is 5.05. The lowest BCUT2D eigenvalue weighted by molar-refractivity contribution is -0.167. The zero-order valence-corrected chi connectivity index (χ0v) is 11.5. The van der Waals surface area contributed by atoms with Gasteiger partial charge in [-0.3, -0.25) is 4.79 Å².